The fourth-order valence-corrected chi connectivity index (χ4v) is 3.68. The molecule has 100 valence electrons. The highest BCUT2D eigenvalue weighted by Crippen LogP contribution is 2.37. The van der Waals surface area contributed by atoms with Crippen molar-refractivity contribution in [3.8, 4) is 0 Å². The van der Waals surface area contributed by atoms with Crippen molar-refractivity contribution < 1.29 is 0 Å². The van der Waals surface area contributed by atoms with Gasteiger partial charge in [0.15, 0.2) is 0 Å². The molecule has 1 saturated heterocycles. The van der Waals surface area contributed by atoms with Gasteiger partial charge in [0, 0.05) is 19.1 Å². The molecule has 0 spiro atoms. The molecule has 1 aliphatic carbocycles. The van der Waals surface area contributed by atoms with Gasteiger partial charge >= 0.3 is 0 Å². The summed E-state index contributed by atoms with van der Waals surface area (Å²) in [6.45, 7) is 12.0. The summed E-state index contributed by atoms with van der Waals surface area (Å²) in [6, 6.07) is 0.784. The zero-order valence-corrected chi connectivity index (χ0v) is 11.9. The fraction of sp³-hybridized carbons (Fsp3) is 1.00. The minimum absolute atomic E-state index is 0.784. The molecule has 0 bridgehead atoms. The second-order valence-electron chi connectivity index (χ2n) is 6.24. The van der Waals surface area contributed by atoms with E-state index in [9.17, 15) is 0 Å². The Hall–Kier alpha value is -0.0800. The molecule has 0 aromatic carbocycles. The van der Waals surface area contributed by atoms with Crippen LogP contribution in [0.5, 0.6) is 0 Å². The minimum atomic E-state index is 0.784. The second kappa shape index (κ2) is 6.19. The Morgan fingerprint density at radius 2 is 2.12 bits per heavy atom. The first-order valence-electron chi connectivity index (χ1n) is 7.70. The van der Waals surface area contributed by atoms with Crippen LogP contribution in [0.1, 0.15) is 46.5 Å². The van der Waals surface area contributed by atoms with E-state index in [-0.39, 0.29) is 0 Å². The fourth-order valence-electron chi connectivity index (χ4n) is 3.68. The van der Waals surface area contributed by atoms with Crippen LogP contribution in [-0.2, 0) is 0 Å². The van der Waals surface area contributed by atoms with Crippen LogP contribution in [0.25, 0.3) is 0 Å². The Labute approximate surface area is 107 Å². The van der Waals surface area contributed by atoms with Gasteiger partial charge in [-0.05, 0) is 43.7 Å². The topological polar surface area (TPSA) is 15.3 Å². The van der Waals surface area contributed by atoms with E-state index in [0.717, 1.165) is 23.8 Å². The van der Waals surface area contributed by atoms with Gasteiger partial charge in [0.1, 0.15) is 0 Å². The summed E-state index contributed by atoms with van der Waals surface area (Å²) in [4.78, 5) is 2.66. The third kappa shape index (κ3) is 3.23. The van der Waals surface area contributed by atoms with E-state index in [1.165, 1.54) is 51.9 Å². The lowest BCUT2D eigenvalue weighted by atomic mass is 9.93. The number of hydrogen-bond acceptors (Lipinski definition) is 2. The summed E-state index contributed by atoms with van der Waals surface area (Å²) in [5.41, 5.74) is 0. The van der Waals surface area contributed by atoms with Crippen molar-refractivity contribution in [2.45, 2.75) is 52.5 Å². The first-order chi connectivity index (χ1) is 8.24. The van der Waals surface area contributed by atoms with Gasteiger partial charge in [-0.3, -0.25) is 0 Å². The molecule has 1 N–H and O–H groups in total. The highest BCUT2D eigenvalue weighted by atomic mass is 15.2. The van der Waals surface area contributed by atoms with Crippen LogP contribution in [-0.4, -0.2) is 37.1 Å². The molecule has 0 radical (unpaired) electrons. The van der Waals surface area contributed by atoms with Crippen LogP contribution >= 0.6 is 0 Å². The highest BCUT2D eigenvalue weighted by Gasteiger charge is 2.39. The average Bonchev–Trinajstić information content (AvgIpc) is 2.92. The molecule has 2 nitrogen and oxygen atoms in total. The zero-order valence-electron chi connectivity index (χ0n) is 11.9. The molecule has 17 heavy (non-hydrogen) atoms. The number of rotatable bonds is 6. The Balaban J connectivity index is 1.82. The van der Waals surface area contributed by atoms with E-state index < -0.39 is 0 Å². The predicted molar refractivity (Wildman–Crippen MR) is 74.2 cm³/mol. The van der Waals surface area contributed by atoms with Crippen LogP contribution in [0, 0.1) is 17.8 Å². The van der Waals surface area contributed by atoms with Gasteiger partial charge < -0.3 is 10.2 Å². The smallest absolute Gasteiger partial charge is 0.0226 e. The molecular formula is C15H30N2. The normalized spacial score (nSPS) is 34.2. The Morgan fingerprint density at radius 3 is 2.82 bits per heavy atom. The first-order valence-corrected chi connectivity index (χ1v) is 7.70. The van der Waals surface area contributed by atoms with Gasteiger partial charge in [0.2, 0.25) is 0 Å². The molecule has 2 rings (SSSR count). The molecule has 0 aromatic rings. The maximum Gasteiger partial charge on any atom is 0.0226 e. The van der Waals surface area contributed by atoms with Crippen molar-refractivity contribution in [2.75, 3.05) is 26.2 Å². The molecule has 4 unspecified atom stereocenters. The predicted octanol–water partition coefficient (Wildman–Crippen LogP) is 2.74. The first kappa shape index (κ1) is 13.4. The lowest BCUT2D eigenvalue weighted by molar-refractivity contribution is 0.207. The number of hydrogen-bond donors (Lipinski definition) is 1. The van der Waals surface area contributed by atoms with Crippen LogP contribution in [0.2, 0.25) is 0 Å². The van der Waals surface area contributed by atoms with Crippen LogP contribution < -0.4 is 5.32 Å². The summed E-state index contributed by atoms with van der Waals surface area (Å²) in [6.07, 6.45) is 5.74. The van der Waals surface area contributed by atoms with Gasteiger partial charge in [-0.15, -0.1) is 0 Å². The number of fused-ring (bicyclic) bond motifs is 1. The van der Waals surface area contributed by atoms with Crippen molar-refractivity contribution in [3.63, 3.8) is 0 Å². The number of nitrogens with zero attached hydrogens (tertiary/aromatic N) is 1. The monoisotopic (exact) mass is 238 g/mol. The third-order valence-electron chi connectivity index (χ3n) is 5.05. The molecule has 1 aliphatic heterocycles. The standard InChI is InChI=1S/C15H30N2/c1-4-12(3)10-17(5-2)11-15-14-8-6-7-13(14)9-16-15/h12-16H,4-11H2,1-3H3. The highest BCUT2D eigenvalue weighted by molar-refractivity contribution is 4.95. The van der Waals surface area contributed by atoms with E-state index in [1.54, 1.807) is 0 Å². The largest absolute Gasteiger partial charge is 0.312 e. The lowest BCUT2D eigenvalue weighted by Gasteiger charge is -2.29. The zero-order chi connectivity index (χ0) is 12.3. The molecule has 0 amide bonds. The summed E-state index contributed by atoms with van der Waals surface area (Å²) in [5.74, 6) is 2.83. The maximum absolute atomic E-state index is 3.77. The molecule has 2 aliphatic rings. The number of likely N-dealkylation sites (N-methyl/N-ethyl adjacent to an activating group) is 1. The molecule has 1 heterocycles. The van der Waals surface area contributed by atoms with Gasteiger partial charge in [0.05, 0.1) is 0 Å². The van der Waals surface area contributed by atoms with Crippen molar-refractivity contribution in [2.24, 2.45) is 17.8 Å². The van der Waals surface area contributed by atoms with E-state index in [2.05, 4.69) is 31.0 Å². The Morgan fingerprint density at radius 1 is 1.29 bits per heavy atom. The van der Waals surface area contributed by atoms with Gasteiger partial charge in [-0.1, -0.05) is 33.6 Å². The molecule has 2 fully saturated rings. The van der Waals surface area contributed by atoms with Crippen LogP contribution in [0.4, 0.5) is 0 Å². The summed E-state index contributed by atoms with van der Waals surface area (Å²) >= 11 is 0. The minimum Gasteiger partial charge on any atom is -0.312 e. The molecule has 4 atom stereocenters. The summed E-state index contributed by atoms with van der Waals surface area (Å²) in [7, 11) is 0. The van der Waals surface area contributed by atoms with Gasteiger partial charge in [-0.25, -0.2) is 0 Å². The lowest BCUT2D eigenvalue weighted by Crippen LogP contribution is -2.42. The second-order valence-corrected chi connectivity index (χ2v) is 6.24. The van der Waals surface area contributed by atoms with E-state index >= 15 is 0 Å². The van der Waals surface area contributed by atoms with Crippen molar-refractivity contribution in [1.29, 1.82) is 0 Å². The van der Waals surface area contributed by atoms with Crippen molar-refractivity contribution in [3.05, 3.63) is 0 Å². The summed E-state index contributed by atoms with van der Waals surface area (Å²) < 4.78 is 0. The Kier molecular flexibility index (Phi) is 4.87. The average molecular weight is 238 g/mol. The van der Waals surface area contributed by atoms with Crippen LogP contribution in [0.15, 0.2) is 0 Å². The van der Waals surface area contributed by atoms with Gasteiger partial charge in [-0.2, -0.15) is 0 Å². The van der Waals surface area contributed by atoms with Gasteiger partial charge in [0.25, 0.3) is 0 Å². The SMILES string of the molecule is CCC(C)CN(CC)CC1NCC2CCCC21. The summed E-state index contributed by atoms with van der Waals surface area (Å²) in [5, 5.41) is 3.77. The van der Waals surface area contributed by atoms with Crippen molar-refractivity contribution in [1.82, 2.24) is 10.2 Å². The van der Waals surface area contributed by atoms with E-state index in [0.29, 0.717) is 0 Å². The molecule has 1 saturated carbocycles. The van der Waals surface area contributed by atoms with E-state index in [1.807, 2.05) is 0 Å². The third-order valence-corrected chi connectivity index (χ3v) is 5.05. The maximum atomic E-state index is 3.77. The Bertz CT molecular complexity index is 229. The van der Waals surface area contributed by atoms with E-state index in [4.69, 9.17) is 0 Å². The quantitative estimate of drug-likeness (QED) is 0.765. The van der Waals surface area contributed by atoms with Crippen molar-refractivity contribution >= 4 is 0 Å². The molecule has 0 aromatic heterocycles. The van der Waals surface area contributed by atoms with Crippen LogP contribution in [0.3, 0.4) is 0 Å². The molecular weight excluding hydrogens is 208 g/mol. The molecule has 2 heteroatoms. The number of nitrogens with one attached hydrogen (secondary N) is 1.